The number of benzene rings is 2. The van der Waals surface area contributed by atoms with E-state index in [0.29, 0.717) is 12.3 Å². The van der Waals surface area contributed by atoms with Crippen LogP contribution in [0.5, 0.6) is 11.5 Å². The molecular weight excluding hydrogens is 338 g/mol. The average Bonchev–Trinajstić information content (AvgIpc) is 3.09. The molecule has 0 aliphatic carbocycles. The standard InChI is InChI=1S/C19H23NO4S/c1-23-17-11-9-16(10-12-17)19-8-5-13-20(19)14-15-25(21,22)24-18-6-3-2-4-7-18/h2-4,6-7,9-12,19H,5,8,13-15H2,1H3/t19-/m0/s1. The highest BCUT2D eigenvalue weighted by atomic mass is 32.2. The average molecular weight is 361 g/mol. The summed E-state index contributed by atoms with van der Waals surface area (Å²) in [4.78, 5) is 2.22. The van der Waals surface area contributed by atoms with Gasteiger partial charge in [-0.3, -0.25) is 4.90 Å². The van der Waals surface area contributed by atoms with E-state index in [1.165, 1.54) is 5.56 Å². The van der Waals surface area contributed by atoms with Crippen LogP contribution in [0.2, 0.25) is 0 Å². The summed E-state index contributed by atoms with van der Waals surface area (Å²) in [5.41, 5.74) is 1.19. The Morgan fingerprint density at radius 2 is 1.76 bits per heavy atom. The predicted molar refractivity (Wildman–Crippen MR) is 97.4 cm³/mol. The lowest BCUT2D eigenvalue weighted by Gasteiger charge is -2.24. The van der Waals surface area contributed by atoms with Crippen molar-refractivity contribution in [2.45, 2.75) is 18.9 Å². The molecule has 3 rings (SSSR count). The van der Waals surface area contributed by atoms with Crippen molar-refractivity contribution >= 4 is 10.1 Å². The molecule has 0 N–H and O–H groups in total. The molecule has 1 aliphatic rings. The number of hydrogen-bond donors (Lipinski definition) is 0. The molecule has 2 aromatic carbocycles. The Kier molecular flexibility index (Phi) is 5.60. The Labute approximate surface area is 149 Å². The van der Waals surface area contributed by atoms with Gasteiger partial charge in [-0.05, 0) is 49.2 Å². The van der Waals surface area contributed by atoms with Crippen LogP contribution in [0.1, 0.15) is 24.4 Å². The lowest BCUT2D eigenvalue weighted by molar-refractivity contribution is 0.270. The van der Waals surface area contributed by atoms with Crippen molar-refractivity contribution in [1.29, 1.82) is 0 Å². The van der Waals surface area contributed by atoms with Gasteiger partial charge >= 0.3 is 10.1 Å². The van der Waals surface area contributed by atoms with Crippen LogP contribution in [-0.4, -0.2) is 39.3 Å². The van der Waals surface area contributed by atoms with Crippen LogP contribution in [0.4, 0.5) is 0 Å². The predicted octanol–water partition coefficient (Wildman–Crippen LogP) is 3.24. The molecule has 1 aliphatic heterocycles. The topological polar surface area (TPSA) is 55.8 Å². The number of para-hydroxylation sites is 1. The maximum Gasteiger partial charge on any atom is 0.310 e. The Balaban J connectivity index is 1.61. The quantitative estimate of drug-likeness (QED) is 0.709. The van der Waals surface area contributed by atoms with E-state index in [1.54, 1.807) is 31.4 Å². The third kappa shape index (κ3) is 4.74. The lowest BCUT2D eigenvalue weighted by Crippen LogP contribution is -2.30. The van der Waals surface area contributed by atoms with Gasteiger partial charge < -0.3 is 8.92 Å². The van der Waals surface area contributed by atoms with Gasteiger partial charge in [0.15, 0.2) is 0 Å². The van der Waals surface area contributed by atoms with Crippen LogP contribution in [0.25, 0.3) is 0 Å². The van der Waals surface area contributed by atoms with Crippen molar-refractivity contribution < 1.29 is 17.3 Å². The largest absolute Gasteiger partial charge is 0.497 e. The fourth-order valence-corrected chi connectivity index (χ4v) is 4.14. The van der Waals surface area contributed by atoms with E-state index < -0.39 is 10.1 Å². The molecule has 5 nitrogen and oxygen atoms in total. The maximum absolute atomic E-state index is 12.2. The molecule has 0 amide bonds. The number of methoxy groups -OCH3 is 1. The molecule has 6 heteroatoms. The second kappa shape index (κ2) is 7.89. The van der Waals surface area contributed by atoms with Gasteiger partial charge in [0.1, 0.15) is 11.5 Å². The normalized spacial score (nSPS) is 18.2. The zero-order valence-corrected chi connectivity index (χ0v) is 15.1. The minimum atomic E-state index is -3.60. The van der Waals surface area contributed by atoms with Gasteiger partial charge in [0.05, 0.1) is 12.9 Å². The van der Waals surface area contributed by atoms with E-state index in [2.05, 4.69) is 17.0 Å². The van der Waals surface area contributed by atoms with Crippen molar-refractivity contribution in [3.63, 3.8) is 0 Å². The molecule has 0 aromatic heterocycles. The van der Waals surface area contributed by atoms with Gasteiger partial charge in [-0.1, -0.05) is 30.3 Å². The van der Waals surface area contributed by atoms with Gasteiger partial charge in [0.2, 0.25) is 0 Å². The minimum Gasteiger partial charge on any atom is -0.497 e. The summed E-state index contributed by atoms with van der Waals surface area (Å²) in [6, 6.07) is 16.9. The first kappa shape index (κ1) is 17.8. The van der Waals surface area contributed by atoms with Crippen LogP contribution in [-0.2, 0) is 10.1 Å². The molecule has 1 saturated heterocycles. The van der Waals surface area contributed by atoms with E-state index in [9.17, 15) is 8.42 Å². The Morgan fingerprint density at radius 3 is 2.44 bits per heavy atom. The highest BCUT2D eigenvalue weighted by Crippen LogP contribution is 2.32. The molecule has 0 bridgehead atoms. The Bertz CT molecular complexity index is 775. The van der Waals surface area contributed by atoms with Gasteiger partial charge in [-0.15, -0.1) is 0 Å². The van der Waals surface area contributed by atoms with E-state index in [4.69, 9.17) is 8.92 Å². The first-order chi connectivity index (χ1) is 12.1. The van der Waals surface area contributed by atoms with E-state index in [-0.39, 0.29) is 11.8 Å². The van der Waals surface area contributed by atoms with Crippen molar-refractivity contribution in [1.82, 2.24) is 4.90 Å². The molecule has 25 heavy (non-hydrogen) atoms. The lowest BCUT2D eigenvalue weighted by atomic mass is 10.0. The third-order valence-electron chi connectivity index (χ3n) is 4.46. The number of rotatable bonds is 7. The van der Waals surface area contributed by atoms with Gasteiger partial charge in [0.25, 0.3) is 0 Å². The summed E-state index contributed by atoms with van der Waals surface area (Å²) in [5, 5.41) is 0. The van der Waals surface area contributed by atoms with Crippen LogP contribution < -0.4 is 8.92 Å². The molecule has 1 fully saturated rings. The number of nitrogens with zero attached hydrogens (tertiary/aromatic N) is 1. The number of likely N-dealkylation sites (tertiary alicyclic amines) is 1. The Hall–Kier alpha value is -2.05. The van der Waals surface area contributed by atoms with Crippen molar-refractivity contribution in [3.05, 3.63) is 60.2 Å². The number of ether oxygens (including phenoxy) is 1. The summed E-state index contributed by atoms with van der Waals surface area (Å²) in [6.45, 7) is 1.36. The highest BCUT2D eigenvalue weighted by molar-refractivity contribution is 7.87. The second-order valence-electron chi connectivity index (χ2n) is 6.13. The monoisotopic (exact) mass is 361 g/mol. The van der Waals surface area contributed by atoms with Crippen LogP contribution in [0.3, 0.4) is 0 Å². The molecule has 134 valence electrons. The molecule has 0 saturated carbocycles. The molecule has 2 aromatic rings. The van der Waals surface area contributed by atoms with Crippen LogP contribution in [0.15, 0.2) is 54.6 Å². The highest BCUT2D eigenvalue weighted by Gasteiger charge is 2.27. The summed E-state index contributed by atoms with van der Waals surface area (Å²) >= 11 is 0. The minimum absolute atomic E-state index is 0.0193. The summed E-state index contributed by atoms with van der Waals surface area (Å²) in [5.74, 6) is 1.16. The molecule has 1 atom stereocenters. The van der Waals surface area contributed by atoms with Crippen molar-refractivity contribution in [3.8, 4) is 11.5 Å². The van der Waals surface area contributed by atoms with Crippen LogP contribution >= 0.6 is 0 Å². The SMILES string of the molecule is COc1ccc([C@@H]2CCCN2CCS(=O)(=O)Oc2ccccc2)cc1. The maximum atomic E-state index is 12.2. The van der Waals surface area contributed by atoms with E-state index >= 15 is 0 Å². The van der Waals surface area contributed by atoms with E-state index in [1.807, 2.05) is 18.2 Å². The fraction of sp³-hybridized carbons (Fsp3) is 0.368. The van der Waals surface area contributed by atoms with Crippen molar-refractivity contribution in [2.75, 3.05) is 26.0 Å². The van der Waals surface area contributed by atoms with Gasteiger partial charge in [-0.25, -0.2) is 0 Å². The zero-order chi connectivity index (χ0) is 17.7. The smallest absolute Gasteiger partial charge is 0.310 e. The third-order valence-corrected chi connectivity index (χ3v) is 5.59. The van der Waals surface area contributed by atoms with Crippen LogP contribution in [0, 0.1) is 0 Å². The van der Waals surface area contributed by atoms with Crippen molar-refractivity contribution in [2.24, 2.45) is 0 Å². The Morgan fingerprint density at radius 1 is 1.04 bits per heavy atom. The second-order valence-corrected chi connectivity index (χ2v) is 7.82. The first-order valence-electron chi connectivity index (χ1n) is 8.42. The van der Waals surface area contributed by atoms with Gasteiger partial charge in [0, 0.05) is 12.6 Å². The summed E-state index contributed by atoms with van der Waals surface area (Å²) < 4.78 is 34.8. The summed E-state index contributed by atoms with van der Waals surface area (Å²) in [6.07, 6.45) is 2.10. The summed E-state index contributed by atoms with van der Waals surface area (Å²) in [7, 11) is -1.95. The van der Waals surface area contributed by atoms with Gasteiger partial charge in [-0.2, -0.15) is 8.42 Å². The molecule has 0 spiro atoms. The van der Waals surface area contributed by atoms with E-state index in [0.717, 1.165) is 25.1 Å². The molecule has 0 radical (unpaired) electrons. The fourth-order valence-electron chi connectivity index (χ4n) is 3.19. The zero-order valence-electron chi connectivity index (χ0n) is 14.3. The molecule has 0 unspecified atom stereocenters. The molecule has 1 heterocycles. The first-order valence-corrected chi connectivity index (χ1v) is 10.0. The molecular formula is C19H23NO4S. The number of hydrogen-bond acceptors (Lipinski definition) is 5.